The normalized spacial score (nSPS) is 14.2. The van der Waals surface area contributed by atoms with Gasteiger partial charge in [0.15, 0.2) is 0 Å². The van der Waals surface area contributed by atoms with Crippen LogP contribution < -0.4 is 10.9 Å². The lowest BCUT2D eigenvalue weighted by Gasteiger charge is -2.21. The molecule has 0 unspecified atom stereocenters. The molecule has 0 radical (unpaired) electrons. The maximum absolute atomic E-state index is 13.5. The summed E-state index contributed by atoms with van der Waals surface area (Å²) >= 11 is 3.49. The summed E-state index contributed by atoms with van der Waals surface area (Å²) in [6.45, 7) is 0.738. The highest BCUT2D eigenvalue weighted by atomic mass is 79.9. The summed E-state index contributed by atoms with van der Waals surface area (Å²) in [7, 11) is 1.32. The molecule has 0 atom stereocenters. The van der Waals surface area contributed by atoms with Crippen LogP contribution in [0, 0.1) is 5.92 Å². The fourth-order valence-corrected chi connectivity index (χ4v) is 5.16. The lowest BCUT2D eigenvalue weighted by atomic mass is 9.89. The largest absolute Gasteiger partial charge is 0.464 e. The van der Waals surface area contributed by atoms with E-state index in [0.717, 1.165) is 35.7 Å². The number of pyridine rings is 1. The molecule has 1 aromatic heterocycles. The molecular weight excluding hydrogens is 496 g/mol. The number of carbonyl (C=O) groups is 2. The van der Waals surface area contributed by atoms with Crippen LogP contribution in [-0.4, -0.2) is 30.1 Å². The third kappa shape index (κ3) is 5.09. The van der Waals surface area contributed by atoms with E-state index in [4.69, 9.17) is 4.74 Å². The molecule has 1 saturated carbocycles. The van der Waals surface area contributed by atoms with Crippen LogP contribution in [-0.2, 0) is 16.1 Å². The summed E-state index contributed by atoms with van der Waals surface area (Å²) in [5, 5.41) is 4.24. The Morgan fingerprint density at radius 1 is 1.06 bits per heavy atom. The molecule has 0 aliphatic heterocycles. The summed E-state index contributed by atoms with van der Waals surface area (Å²) in [6, 6.07) is 15.0. The zero-order valence-electron chi connectivity index (χ0n) is 19.3. The first-order valence-corrected chi connectivity index (χ1v) is 12.6. The molecule has 0 spiro atoms. The number of nitrogens with one attached hydrogen (secondary N) is 1. The summed E-state index contributed by atoms with van der Waals surface area (Å²) in [5.41, 5.74) is 1.46. The fraction of sp³-hybridized carbons (Fsp3) is 0.370. The highest BCUT2D eigenvalue weighted by Gasteiger charge is 2.24. The predicted molar refractivity (Wildman–Crippen MR) is 137 cm³/mol. The zero-order chi connectivity index (χ0) is 24.1. The Morgan fingerprint density at radius 2 is 1.79 bits per heavy atom. The van der Waals surface area contributed by atoms with Crippen LogP contribution in [0.15, 0.2) is 57.8 Å². The highest BCUT2D eigenvalue weighted by Crippen LogP contribution is 2.33. The number of aromatic nitrogens is 1. The maximum atomic E-state index is 13.5. The predicted octanol–water partition coefficient (Wildman–Crippen LogP) is 5.30. The second-order valence-corrected chi connectivity index (χ2v) is 9.62. The van der Waals surface area contributed by atoms with E-state index in [0.29, 0.717) is 35.8 Å². The van der Waals surface area contributed by atoms with Gasteiger partial charge in [-0.2, -0.15) is 0 Å². The van der Waals surface area contributed by atoms with Gasteiger partial charge >= 0.3 is 5.97 Å². The molecule has 1 aliphatic rings. The minimum Gasteiger partial charge on any atom is -0.464 e. The van der Waals surface area contributed by atoms with Crippen molar-refractivity contribution in [3.8, 4) is 11.1 Å². The third-order valence-electron chi connectivity index (χ3n) is 6.51. The molecular formula is C27H29BrN2O4. The van der Waals surface area contributed by atoms with Crippen LogP contribution in [0.1, 0.15) is 49.0 Å². The quantitative estimate of drug-likeness (QED) is 0.335. The van der Waals surface area contributed by atoms with Crippen LogP contribution in [0.5, 0.6) is 0 Å². The molecule has 1 fully saturated rings. The Bertz CT molecular complexity index is 1250. The van der Waals surface area contributed by atoms with Crippen molar-refractivity contribution in [3.05, 3.63) is 69.1 Å². The van der Waals surface area contributed by atoms with E-state index in [9.17, 15) is 14.4 Å². The van der Waals surface area contributed by atoms with Crippen LogP contribution in [0.3, 0.4) is 0 Å². The van der Waals surface area contributed by atoms with Gasteiger partial charge in [0.05, 0.1) is 7.11 Å². The number of hydrogen-bond donors (Lipinski definition) is 1. The van der Waals surface area contributed by atoms with E-state index in [1.54, 1.807) is 6.07 Å². The summed E-state index contributed by atoms with van der Waals surface area (Å²) < 4.78 is 7.43. The average molecular weight is 525 g/mol. The summed E-state index contributed by atoms with van der Waals surface area (Å²) in [5.74, 6) is -0.386. The van der Waals surface area contributed by atoms with Crippen molar-refractivity contribution in [2.24, 2.45) is 5.92 Å². The van der Waals surface area contributed by atoms with E-state index >= 15 is 0 Å². The number of ether oxygens (including phenoxy) is 1. The van der Waals surface area contributed by atoms with Crippen molar-refractivity contribution >= 4 is 38.6 Å². The second-order valence-electron chi connectivity index (χ2n) is 8.71. The monoisotopic (exact) mass is 524 g/mol. The van der Waals surface area contributed by atoms with Gasteiger partial charge < -0.3 is 14.6 Å². The molecule has 4 rings (SSSR count). The third-order valence-corrected chi connectivity index (χ3v) is 7.00. The van der Waals surface area contributed by atoms with Gasteiger partial charge in [-0.1, -0.05) is 65.5 Å². The van der Waals surface area contributed by atoms with Crippen molar-refractivity contribution < 1.29 is 14.3 Å². The molecule has 2 aromatic carbocycles. The SMILES string of the molecule is COC(=O)c1c(-c2ccccc2)c2cc(Br)ccc2c(=O)n1CCCNC(=O)C1CCCCC1. The molecule has 6 nitrogen and oxygen atoms in total. The number of nitrogens with zero attached hydrogens (tertiary/aromatic N) is 1. The molecule has 1 aliphatic carbocycles. The number of hydrogen-bond acceptors (Lipinski definition) is 4. The van der Waals surface area contributed by atoms with Gasteiger partial charge in [-0.25, -0.2) is 4.79 Å². The van der Waals surface area contributed by atoms with E-state index in [1.165, 1.54) is 18.1 Å². The molecule has 3 aromatic rings. The first-order valence-electron chi connectivity index (χ1n) is 11.8. The van der Waals surface area contributed by atoms with Crippen molar-refractivity contribution in [1.82, 2.24) is 9.88 Å². The Labute approximate surface area is 207 Å². The van der Waals surface area contributed by atoms with Crippen LogP contribution in [0.4, 0.5) is 0 Å². The lowest BCUT2D eigenvalue weighted by Crippen LogP contribution is -2.34. The number of benzene rings is 2. The maximum Gasteiger partial charge on any atom is 0.355 e. The van der Waals surface area contributed by atoms with Crippen molar-refractivity contribution in [3.63, 3.8) is 0 Å². The Morgan fingerprint density at radius 3 is 2.50 bits per heavy atom. The van der Waals surface area contributed by atoms with Gasteiger partial charge in [0.2, 0.25) is 5.91 Å². The molecule has 1 amide bonds. The molecule has 7 heteroatoms. The van der Waals surface area contributed by atoms with Gasteiger partial charge in [0, 0.05) is 34.4 Å². The number of halogens is 1. The van der Waals surface area contributed by atoms with Crippen LogP contribution >= 0.6 is 15.9 Å². The number of rotatable bonds is 7. The summed E-state index contributed by atoms with van der Waals surface area (Å²) in [4.78, 5) is 39.0. The second kappa shape index (κ2) is 11.0. The fourth-order valence-electron chi connectivity index (χ4n) is 4.80. The Hall–Kier alpha value is -2.93. The van der Waals surface area contributed by atoms with Crippen LogP contribution in [0.25, 0.3) is 21.9 Å². The standard InChI is InChI=1S/C27H29BrN2O4/c1-34-27(33)24-23(18-9-4-2-5-10-18)22-17-20(28)13-14-21(22)26(32)30(24)16-8-15-29-25(31)19-11-6-3-7-12-19/h2,4-5,9-10,13-14,17,19H,3,6-8,11-12,15-16H2,1H3,(H,29,31). The minimum absolute atomic E-state index is 0.0888. The van der Waals surface area contributed by atoms with Gasteiger partial charge in [-0.05, 0) is 48.4 Å². The number of methoxy groups -OCH3 is 1. The number of fused-ring (bicyclic) bond motifs is 1. The van der Waals surface area contributed by atoms with Gasteiger partial charge in [-0.3, -0.25) is 9.59 Å². The van der Waals surface area contributed by atoms with E-state index < -0.39 is 5.97 Å². The molecule has 1 N–H and O–H groups in total. The number of carbonyl (C=O) groups excluding carboxylic acids is 2. The molecule has 1 heterocycles. The highest BCUT2D eigenvalue weighted by molar-refractivity contribution is 9.10. The first kappa shape index (κ1) is 24.2. The smallest absolute Gasteiger partial charge is 0.355 e. The van der Waals surface area contributed by atoms with Crippen molar-refractivity contribution in [1.29, 1.82) is 0 Å². The molecule has 34 heavy (non-hydrogen) atoms. The topological polar surface area (TPSA) is 77.4 Å². The first-order chi connectivity index (χ1) is 16.5. The van der Waals surface area contributed by atoms with E-state index in [1.807, 2.05) is 42.5 Å². The number of esters is 1. The molecule has 0 bridgehead atoms. The van der Waals surface area contributed by atoms with E-state index in [-0.39, 0.29) is 23.1 Å². The molecule has 0 saturated heterocycles. The zero-order valence-corrected chi connectivity index (χ0v) is 20.9. The summed E-state index contributed by atoms with van der Waals surface area (Å²) in [6.07, 6.45) is 5.82. The Balaban J connectivity index is 1.70. The lowest BCUT2D eigenvalue weighted by molar-refractivity contribution is -0.125. The van der Waals surface area contributed by atoms with Gasteiger partial charge in [-0.15, -0.1) is 0 Å². The van der Waals surface area contributed by atoms with E-state index in [2.05, 4.69) is 21.2 Å². The van der Waals surface area contributed by atoms with Gasteiger partial charge in [0.1, 0.15) is 5.69 Å². The Kier molecular flexibility index (Phi) is 7.83. The van der Waals surface area contributed by atoms with Gasteiger partial charge in [0.25, 0.3) is 5.56 Å². The molecule has 178 valence electrons. The number of amides is 1. The minimum atomic E-state index is -0.566. The average Bonchev–Trinajstić information content (AvgIpc) is 2.87. The van der Waals surface area contributed by atoms with Crippen molar-refractivity contribution in [2.75, 3.05) is 13.7 Å². The van der Waals surface area contributed by atoms with Crippen LogP contribution in [0.2, 0.25) is 0 Å². The van der Waals surface area contributed by atoms with Crippen molar-refractivity contribution in [2.45, 2.75) is 45.1 Å².